The second-order valence-electron chi connectivity index (χ2n) is 4.69. The Morgan fingerprint density at radius 1 is 1.41 bits per heavy atom. The van der Waals surface area contributed by atoms with Crippen LogP contribution in [-0.2, 0) is 11.2 Å². The highest BCUT2D eigenvalue weighted by molar-refractivity contribution is 5.89. The third-order valence-electron chi connectivity index (χ3n) is 3.45. The van der Waals surface area contributed by atoms with E-state index in [0.29, 0.717) is 12.8 Å². The number of carbonyl (C=O) groups excluding carboxylic acids is 1. The first-order chi connectivity index (χ1) is 8.14. The van der Waals surface area contributed by atoms with E-state index < -0.39 is 5.60 Å². The average molecular weight is 234 g/mol. The summed E-state index contributed by atoms with van der Waals surface area (Å²) in [5.41, 5.74) is -0.182. The summed E-state index contributed by atoms with van der Waals surface area (Å²) in [6, 6.07) is 7.44. The molecule has 1 aromatic rings. The van der Waals surface area contributed by atoms with E-state index in [1.165, 1.54) is 0 Å². The fourth-order valence-electron chi connectivity index (χ4n) is 2.37. The number of hydrogen-bond donors (Lipinski definition) is 1. The lowest BCUT2D eigenvalue weighted by molar-refractivity contribution is -0.136. The van der Waals surface area contributed by atoms with Crippen molar-refractivity contribution >= 4 is 5.78 Å². The Balaban J connectivity index is 2.07. The van der Waals surface area contributed by atoms with Crippen LogP contribution >= 0.6 is 0 Å². The topological polar surface area (TPSA) is 46.5 Å². The van der Waals surface area contributed by atoms with E-state index in [2.05, 4.69) is 0 Å². The lowest BCUT2D eigenvalue weighted by Gasteiger charge is -2.20. The molecule has 0 aliphatic heterocycles. The Bertz CT molecular complexity index is 406. The Labute approximate surface area is 101 Å². The van der Waals surface area contributed by atoms with Gasteiger partial charge < -0.3 is 9.84 Å². The number of methoxy groups -OCH3 is 1. The maximum absolute atomic E-state index is 12.0. The number of Topliss-reactive ketones (excluding diaryl/α,β-unsaturated/α-hetero) is 1. The molecule has 0 amide bonds. The summed E-state index contributed by atoms with van der Waals surface area (Å²) < 4.78 is 5.11. The van der Waals surface area contributed by atoms with E-state index in [1.807, 2.05) is 24.3 Å². The molecule has 0 spiro atoms. The summed E-state index contributed by atoms with van der Waals surface area (Å²) in [4.78, 5) is 12.0. The van der Waals surface area contributed by atoms with E-state index in [4.69, 9.17) is 4.74 Å². The normalized spacial score (nSPS) is 18.0. The maximum atomic E-state index is 12.0. The van der Waals surface area contributed by atoms with Crippen LogP contribution in [0.4, 0.5) is 0 Å². The van der Waals surface area contributed by atoms with Gasteiger partial charge >= 0.3 is 0 Å². The summed E-state index contributed by atoms with van der Waals surface area (Å²) in [7, 11) is 1.60. The first-order valence-corrected chi connectivity index (χ1v) is 6.03. The van der Waals surface area contributed by atoms with Crippen LogP contribution in [0.15, 0.2) is 24.3 Å². The summed E-state index contributed by atoms with van der Waals surface area (Å²) in [5.74, 6) is 0.678. The zero-order valence-electron chi connectivity index (χ0n) is 10.1. The average Bonchev–Trinajstić information content (AvgIpc) is 2.78. The molecular weight excluding hydrogens is 216 g/mol. The molecule has 1 N–H and O–H groups in total. The summed E-state index contributed by atoms with van der Waals surface area (Å²) >= 11 is 0. The zero-order valence-corrected chi connectivity index (χ0v) is 10.1. The highest BCUT2D eigenvalue weighted by Gasteiger charge is 2.38. The van der Waals surface area contributed by atoms with Crippen molar-refractivity contribution in [1.29, 1.82) is 0 Å². The number of ketones is 1. The van der Waals surface area contributed by atoms with Gasteiger partial charge in [0.15, 0.2) is 5.78 Å². The molecule has 0 unspecified atom stereocenters. The molecule has 0 bridgehead atoms. The summed E-state index contributed by atoms with van der Waals surface area (Å²) in [6.07, 6.45) is 3.39. The first kappa shape index (κ1) is 12.1. The van der Waals surface area contributed by atoms with Crippen LogP contribution in [0.5, 0.6) is 5.75 Å². The van der Waals surface area contributed by atoms with Crippen molar-refractivity contribution in [1.82, 2.24) is 0 Å². The van der Waals surface area contributed by atoms with E-state index in [1.54, 1.807) is 7.11 Å². The van der Waals surface area contributed by atoms with Crippen molar-refractivity contribution in [2.75, 3.05) is 7.11 Å². The molecule has 0 heterocycles. The van der Waals surface area contributed by atoms with Crippen molar-refractivity contribution in [2.24, 2.45) is 0 Å². The molecule has 1 saturated carbocycles. The third kappa shape index (κ3) is 2.67. The highest BCUT2D eigenvalue weighted by Crippen LogP contribution is 2.31. The van der Waals surface area contributed by atoms with Crippen molar-refractivity contribution < 1.29 is 14.6 Å². The molecule has 1 aliphatic carbocycles. The minimum absolute atomic E-state index is 0.0664. The molecule has 0 saturated heterocycles. The standard InChI is InChI=1S/C14H18O3/c1-17-12-6-4-5-11(9-12)10-13(15)14(16)7-2-3-8-14/h4-6,9,16H,2-3,7-8,10H2,1H3. The van der Waals surface area contributed by atoms with Gasteiger partial charge in [-0.3, -0.25) is 4.79 Å². The minimum atomic E-state index is -1.08. The van der Waals surface area contributed by atoms with Gasteiger partial charge in [-0.1, -0.05) is 12.1 Å². The van der Waals surface area contributed by atoms with Crippen LogP contribution in [-0.4, -0.2) is 23.6 Å². The SMILES string of the molecule is COc1cccc(CC(=O)C2(O)CCCC2)c1. The van der Waals surface area contributed by atoms with Gasteiger partial charge in [-0.15, -0.1) is 0 Å². The fraction of sp³-hybridized carbons (Fsp3) is 0.500. The Morgan fingerprint density at radius 3 is 2.76 bits per heavy atom. The van der Waals surface area contributed by atoms with Gasteiger partial charge in [0.2, 0.25) is 0 Å². The lowest BCUT2D eigenvalue weighted by atomic mass is 9.92. The van der Waals surface area contributed by atoms with E-state index >= 15 is 0 Å². The number of rotatable bonds is 4. The van der Waals surface area contributed by atoms with Crippen molar-refractivity contribution in [3.8, 4) is 5.75 Å². The molecule has 1 fully saturated rings. The lowest BCUT2D eigenvalue weighted by Crippen LogP contribution is -2.36. The molecule has 0 aromatic heterocycles. The van der Waals surface area contributed by atoms with Crippen LogP contribution < -0.4 is 4.74 Å². The molecule has 2 rings (SSSR count). The van der Waals surface area contributed by atoms with Gasteiger partial charge in [0.25, 0.3) is 0 Å². The molecule has 0 radical (unpaired) electrons. The van der Waals surface area contributed by atoms with Crippen molar-refractivity contribution in [2.45, 2.75) is 37.7 Å². The second-order valence-corrected chi connectivity index (χ2v) is 4.69. The number of ether oxygens (including phenoxy) is 1. The summed E-state index contributed by atoms with van der Waals surface area (Å²) in [5, 5.41) is 10.2. The highest BCUT2D eigenvalue weighted by atomic mass is 16.5. The zero-order chi connectivity index (χ0) is 12.3. The maximum Gasteiger partial charge on any atom is 0.168 e. The van der Waals surface area contributed by atoms with Crippen molar-refractivity contribution in [3.63, 3.8) is 0 Å². The largest absolute Gasteiger partial charge is 0.497 e. The van der Waals surface area contributed by atoms with Gasteiger partial charge in [-0.2, -0.15) is 0 Å². The molecule has 17 heavy (non-hydrogen) atoms. The van der Waals surface area contributed by atoms with Gasteiger partial charge in [-0.25, -0.2) is 0 Å². The van der Waals surface area contributed by atoms with Crippen LogP contribution in [0.3, 0.4) is 0 Å². The molecule has 92 valence electrons. The number of carbonyl (C=O) groups is 1. The van der Waals surface area contributed by atoms with Gasteiger partial charge in [-0.05, 0) is 43.4 Å². The van der Waals surface area contributed by atoms with E-state index in [9.17, 15) is 9.90 Å². The number of hydrogen-bond acceptors (Lipinski definition) is 3. The quantitative estimate of drug-likeness (QED) is 0.868. The molecular formula is C14H18O3. The second kappa shape index (κ2) is 4.88. The molecule has 3 heteroatoms. The van der Waals surface area contributed by atoms with Crippen LogP contribution in [0, 0.1) is 0 Å². The molecule has 0 atom stereocenters. The van der Waals surface area contributed by atoms with Gasteiger partial charge in [0.1, 0.15) is 11.4 Å². The van der Waals surface area contributed by atoms with Crippen molar-refractivity contribution in [3.05, 3.63) is 29.8 Å². The Hall–Kier alpha value is -1.35. The fourth-order valence-corrected chi connectivity index (χ4v) is 2.37. The predicted octanol–water partition coefficient (Wildman–Crippen LogP) is 2.11. The number of aliphatic hydroxyl groups is 1. The Kier molecular flexibility index (Phi) is 3.48. The summed E-state index contributed by atoms with van der Waals surface area (Å²) in [6.45, 7) is 0. The van der Waals surface area contributed by atoms with E-state index in [0.717, 1.165) is 24.2 Å². The van der Waals surface area contributed by atoms with Crippen LogP contribution in [0.25, 0.3) is 0 Å². The van der Waals surface area contributed by atoms with Gasteiger partial charge in [0, 0.05) is 6.42 Å². The molecule has 3 nitrogen and oxygen atoms in total. The monoisotopic (exact) mass is 234 g/mol. The number of benzene rings is 1. The first-order valence-electron chi connectivity index (χ1n) is 6.03. The third-order valence-corrected chi connectivity index (χ3v) is 3.45. The molecule has 1 aliphatic rings. The molecule has 1 aromatic carbocycles. The van der Waals surface area contributed by atoms with Gasteiger partial charge in [0.05, 0.1) is 7.11 Å². The minimum Gasteiger partial charge on any atom is -0.497 e. The van der Waals surface area contributed by atoms with Crippen LogP contribution in [0.1, 0.15) is 31.2 Å². The predicted molar refractivity (Wildman–Crippen MR) is 65.1 cm³/mol. The van der Waals surface area contributed by atoms with E-state index in [-0.39, 0.29) is 12.2 Å². The van der Waals surface area contributed by atoms with Crippen LogP contribution in [0.2, 0.25) is 0 Å². The Morgan fingerprint density at radius 2 is 2.12 bits per heavy atom. The smallest absolute Gasteiger partial charge is 0.168 e.